The smallest absolute Gasteiger partial charge is 0.182 e. The average Bonchev–Trinajstić information content (AvgIpc) is 1.78. The summed E-state index contributed by atoms with van der Waals surface area (Å²) in [5, 5.41) is 0. The van der Waals surface area contributed by atoms with E-state index in [1.807, 2.05) is 19.2 Å². The van der Waals surface area contributed by atoms with Crippen LogP contribution in [0, 0.1) is 0 Å². The molecule has 2 heteroatoms. The lowest BCUT2D eigenvalue weighted by atomic mass is 10.2. The van der Waals surface area contributed by atoms with Crippen LogP contribution < -0.4 is 0 Å². The Morgan fingerprint density at radius 3 is 2.40 bits per heavy atom. The number of hydrogen-bond donors (Lipinski definition) is 1. The molecule has 0 atom stereocenters. The minimum absolute atomic E-state index is 1.03. The van der Waals surface area contributed by atoms with Gasteiger partial charge in [0, 0.05) is 0 Å². The Hall–Kier alpha value is -0.0831. The summed E-state index contributed by atoms with van der Waals surface area (Å²) in [7, 11) is -1.74. The van der Waals surface area contributed by atoms with E-state index in [4.69, 9.17) is 0 Å². The zero-order valence-corrected chi connectivity index (χ0v) is 8.06. The van der Waals surface area contributed by atoms with Crippen molar-refractivity contribution in [1.82, 2.24) is 0 Å². The summed E-state index contributed by atoms with van der Waals surface area (Å²) < 4.78 is 0. The Morgan fingerprint density at radius 1 is 1.40 bits per heavy atom. The van der Waals surface area contributed by atoms with Crippen molar-refractivity contribution in [2.75, 3.05) is 0 Å². The Balaban J connectivity index is 3.12. The second-order valence-corrected chi connectivity index (χ2v) is 7.47. The van der Waals surface area contributed by atoms with Crippen LogP contribution in [0.15, 0.2) is 12.7 Å². The predicted molar refractivity (Wildman–Crippen MR) is 48.6 cm³/mol. The maximum Gasteiger partial charge on any atom is 0.182 e. The van der Waals surface area contributed by atoms with E-state index in [0.717, 1.165) is 18.9 Å². The maximum atomic E-state index is 9.43. The molecule has 10 heavy (non-hydrogen) atoms. The highest BCUT2D eigenvalue weighted by atomic mass is 28.4. The molecule has 60 valence electrons. The Morgan fingerprint density at radius 2 is 2.00 bits per heavy atom. The van der Waals surface area contributed by atoms with E-state index in [1.54, 1.807) is 0 Å². The van der Waals surface area contributed by atoms with Crippen molar-refractivity contribution in [3.05, 3.63) is 12.7 Å². The van der Waals surface area contributed by atoms with Gasteiger partial charge in [-0.15, -0.1) is 6.58 Å². The van der Waals surface area contributed by atoms with Gasteiger partial charge in [0.25, 0.3) is 0 Å². The third-order valence-electron chi connectivity index (χ3n) is 1.45. The van der Waals surface area contributed by atoms with Crippen LogP contribution in [0.4, 0.5) is 0 Å². The zero-order valence-electron chi connectivity index (χ0n) is 7.06. The van der Waals surface area contributed by atoms with Crippen molar-refractivity contribution in [1.29, 1.82) is 0 Å². The van der Waals surface area contributed by atoms with Gasteiger partial charge in [-0.25, -0.2) is 0 Å². The summed E-state index contributed by atoms with van der Waals surface area (Å²) in [6.07, 6.45) is 5.36. The van der Waals surface area contributed by atoms with Crippen LogP contribution in [-0.2, 0) is 0 Å². The third kappa shape index (κ3) is 7.92. The topological polar surface area (TPSA) is 20.2 Å². The highest BCUT2D eigenvalue weighted by Crippen LogP contribution is 2.10. The summed E-state index contributed by atoms with van der Waals surface area (Å²) in [6.45, 7) is 7.62. The summed E-state index contributed by atoms with van der Waals surface area (Å²) in [5.41, 5.74) is 0. The Labute approximate surface area is 64.9 Å². The van der Waals surface area contributed by atoms with Crippen molar-refractivity contribution in [2.24, 2.45) is 0 Å². The molecule has 1 nitrogen and oxygen atoms in total. The van der Waals surface area contributed by atoms with Gasteiger partial charge in [0.05, 0.1) is 0 Å². The fourth-order valence-electron chi connectivity index (χ4n) is 0.846. The minimum Gasteiger partial charge on any atom is -0.432 e. The lowest BCUT2D eigenvalue weighted by Crippen LogP contribution is -2.23. The first-order chi connectivity index (χ1) is 4.56. The molecule has 0 bridgehead atoms. The van der Waals surface area contributed by atoms with Crippen molar-refractivity contribution in [3.63, 3.8) is 0 Å². The van der Waals surface area contributed by atoms with Gasteiger partial charge in [0.15, 0.2) is 8.32 Å². The van der Waals surface area contributed by atoms with E-state index in [1.165, 1.54) is 6.42 Å². The number of hydrogen-bond acceptors (Lipinski definition) is 1. The second-order valence-electron chi connectivity index (χ2n) is 3.35. The summed E-state index contributed by atoms with van der Waals surface area (Å²) in [5.74, 6) is 0. The SMILES string of the molecule is C=CCCCC[Si](C)(C)O. The van der Waals surface area contributed by atoms with E-state index in [-0.39, 0.29) is 0 Å². The molecule has 0 aromatic carbocycles. The van der Waals surface area contributed by atoms with Crippen LogP contribution in [0.25, 0.3) is 0 Å². The van der Waals surface area contributed by atoms with Gasteiger partial charge in [-0.1, -0.05) is 18.9 Å². The summed E-state index contributed by atoms with van der Waals surface area (Å²) in [6, 6.07) is 1.03. The lowest BCUT2D eigenvalue weighted by molar-refractivity contribution is 0.541. The molecule has 0 fully saturated rings. The Bertz CT molecular complexity index is 93.9. The van der Waals surface area contributed by atoms with Gasteiger partial charge in [0.1, 0.15) is 0 Å². The molecule has 0 unspecified atom stereocenters. The van der Waals surface area contributed by atoms with E-state index in [2.05, 4.69) is 6.58 Å². The monoisotopic (exact) mass is 158 g/mol. The largest absolute Gasteiger partial charge is 0.432 e. The van der Waals surface area contributed by atoms with Crippen LogP contribution in [0.3, 0.4) is 0 Å². The molecule has 0 aliphatic heterocycles. The highest BCUT2D eigenvalue weighted by molar-refractivity contribution is 6.69. The predicted octanol–water partition coefficient (Wildman–Crippen LogP) is 2.54. The van der Waals surface area contributed by atoms with E-state index < -0.39 is 8.32 Å². The molecule has 0 amide bonds. The lowest BCUT2D eigenvalue weighted by Gasteiger charge is -2.12. The molecule has 0 radical (unpaired) electrons. The molecular weight excluding hydrogens is 140 g/mol. The van der Waals surface area contributed by atoms with E-state index in [0.29, 0.717) is 0 Å². The first-order valence-electron chi connectivity index (χ1n) is 3.89. The van der Waals surface area contributed by atoms with Gasteiger partial charge in [-0.2, -0.15) is 0 Å². The van der Waals surface area contributed by atoms with Gasteiger partial charge in [0.2, 0.25) is 0 Å². The molecule has 0 saturated carbocycles. The molecule has 0 aromatic heterocycles. The first-order valence-corrected chi connectivity index (χ1v) is 7.05. The number of unbranched alkanes of at least 4 members (excludes halogenated alkanes) is 2. The normalized spacial score (nSPS) is 11.5. The van der Waals surface area contributed by atoms with Crippen LogP contribution in [0.2, 0.25) is 19.1 Å². The number of rotatable bonds is 5. The zero-order chi connectivity index (χ0) is 8.04. The van der Waals surface area contributed by atoms with Gasteiger partial charge >= 0.3 is 0 Å². The molecule has 0 aliphatic carbocycles. The van der Waals surface area contributed by atoms with Crippen molar-refractivity contribution < 1.29 is 4.80 Å². The molecule has 0 heterocycles. The molecule has 0 aromatic rings. The van der Waals surface area contributed by atoms with Crippen LogP contribution in [0.5, 0.6) is 0 Å². The standard InChI is InChI=1S/C8H18OSi/c1-4-5-6-7-8-10(2,3)9/h4,9H,1,5-8H2,2-3H3. The van der Waals surface area contributed by atoms with Gasteiger partial charge in [-0.3, -0.25) is 0 Å². The van der Waals surface area contributed by atoms with Crippen LogP contribution in [-0.4, -0.2) is 13.1 Å². The maximum absolute atomic E-state index is 9.43. The summed E-state index contributed by atoms with van der Waals surface area (Å²) >= 11 is 0. The minimum atomic E-state index is -1.74. The van der Waals surface area contributed by atoms with Crippen LogP contribution >= 0.6 is 0 Å². The molecular formula is C8H18OSi. The van der Waals surface area contributed by atoms with Gasteiger partial charge < -0.3 is 4.80 Å². The number of allylic oxidation sites excluding steroid dienone is 1. The van der Waals surface area contributed by atoms with Gasteiger partial charge in [-0.05, 0) is 25.6 Å². The Kier molecular flexibility index (Phi) is 4.65. The van der Waals surface area contributed by atoms with E-state index in [9.17, 15) is 4.80 Å². The molecule has 0 rings (SSSR count). The molecule has 0 saturated heterocycles. The first kappa shape index (κ1) is 9.92. The fourth-order valence-corrected chi connectivity index (χ4v) is 1.96. The summed E-state index contributed by atoms with van der Waals surface area (Å²) in [4.78, 5) is 9.43. The molecule has 1 N–H and O–H groups in total. The van der Waals surface area contributed by atoms with E-state index >= 15 is 0 Å². The van der Waals surface area contributed by atoms with Crippen molar-refractivity contribution >= 4 is 8.32 Å². The fraction of sp³-hybridized carbons (Fsp3) is 0.750. The van der Waals surface area contributed by atoms with Crippen molar-refractivity contribution in [3.8, 4) is 0 Å². The average molecular weight is 158 g/mol. The van der Waals surface area contributed by atoms with Crippen LogP contribution in [0.1, 0.15) is 19.3 Å². The quantitative estimate of drug-likeness (QED) is 0.370. The molecule has 0 aliphatic rings. The van der Waals surface area contributed by atoms with Crippen molar-refractivity contribution in [2.45, 2.75) is 38.4 Å². The highest BCUT2D eigenvalue weighted by Gasteiger charge is 2.14. The third-order valence-corrected chi connectivity index (χ3v) is 3.02. The molecule has 0 spiro atoms. The second kappa shape index (κ2) is 4.69.